The van der Waals surface area contributed by atoms with Gasteiger partial charge in [0.2, 0.25) is 0 Å². The van der Waals surface area contributed by atoms with Gasteiger partial charge < -0.3 is 5.32 Å². The Balaban J connectivity index is 3.03. The first-order chi connectivity index (χ1) is 7.20. The van der Waals surface area contributed by atoms with Crippen molar-refractivity contribution >= 4 is 11.6 Å². The van der Waals surface area contributed by atoms with E-state index in [4.69, 9.17) is 11.6 Å². The molecule has 1 nitrogen and oxygen atoms in total. The van der Waals surface area contributed by atoms with Gasteiger partial charge in [-0.3, -0.25) is 0 Å². The van der Waals surface area contributed by atoms with Gasteiger partial charge in [0.25, 0.3) is 0 Å². The average molecular weight is 226 g/mol. The predicted octanol–water partition coefficient (Wildman–Crippen LogP) is 3.15. The van der Waals surface area contributed by atoms with Crippen molar-refractivity contribution in [3.8, 4) is 11.8 Å². The first kappa shape index (κ1) is 12.0. The first-order valence-corrected chi connectivity index (χ1v) is 5.09. The summed E-state index contributed by atoms with van der Waals surface area (Å²) in [5, 5.41) is 3.45. The normalized spacial score (nSPS) is 11.7. The quantitative estimate of drug-likeness (QED) is 0.780. The number of rotatable bonds is 3. The average Bonchev–Trinajstić information content (AvgIpc) is 2.22. The lowest BCUT2D eigenvalue weighted by atomic mass is 10.0. The lowest BCUT2D eigenvalue weighted by Gasteiger charge is -2.15. The molecule has 0 aliphatic rings. The molecule has 0 heterocycles. The molecule has 1 unspecified atom stereocenters. The standard InChI is InChI=1S/C12H13ClFN/c1-3-4-8-11(15-2)12-9(13)6-5-7-10(12)14/h5-7,11,15H,8H2,1-2H3. The Kier molecular flexibility index (Phi) is 4.61. The Morgan fingerprint density at radius 3 is 2.80 bits per heavy atom. The number of benzene rings is 1. The second-order valence-corrected chi connectivity index (χ2v) is 3.51. The minimum atomic E-state index is -0.292. The van der Waals surface area contributed by atoms with Gasteiger partial charge in [-0.2, -0.15) is 0 Å². The van der Waals surface area contributed by atoms with E-state index in [0.717, 1.165) is 0 Å². The van der Waals surface area contributed by atoms with Crippen LogP contribution in [0.15, 0.2) is 18.2 Å². The van der Waals surface area contributed by atoms with E-state index in [1.54, 1.807) is 26.1 Å². The Bertz CT molecular complexity index is 372. The molecule has 1 N–H and O–H groups in total. The highest BCUT2D eigenvalue weighted by molar-refractivity contribution is 6.31. The van der Waals surface area contributed by atoms with Crippen molar-refractivity contribution in [1.82, 2.24) is 5.32 Å². The van der Waals surface area contributed by atoms with Gasteiger partial charge in [-0.25, -0.2) is 4.39 Å². The van der Waals surface area contributed by atoms with Crippen molar-refractivity contribution in [3.63, 3.8) is 0 Å². The third-order valence-corrected chi connectivity index (χ3v) is 2.51. The van der Waals surface area contributed by atoms with Gasteiger partial charge in [0.15, 0.2) is 0 Å². The third-order valence-electron chi connectivity index (χ3n) is 2.18. The van der Waals surface area contributed by atoms with Crippen LogP contribution in [0.1, 0.15) is 24.9 Å². The van der Waals surface area contributed by atoms with E-state index in [2.05, 4.69) is 17.2 Å². The van der Waals surface area contributed by atoms with Crippen molar-refractivity contribution in [3.05, 3.63) is 34.6 Å². The van der Waals surface area contributed by atoms with Crippen LogP contribution in [0.5, 0.6) is 0 Å². The highest BCUT2D eigenvalue weighted by Crippen LogP contribution is 2.27. The fourth-order valence-electron chi connectivity index (χ4n) is 1.40. The molecular weight excluding hydrogens is 213 g/mol. The molecule has 1 aromatic rings. The molecule has 0 bridgehead atoms. The van der Waals surface area contributed by atoms with Crippen molar-refractivity contribution in [2.75, 3.05) is 7.05 Å². The van der Waals surface area contributed by atoms with Crippen LogP contribution in [0.2, 0.25) is 5.02 Å². The summed E-state index contributed by atoms with van der Waals surface area (Å²) in [6, 6.07) is 4.53. The smallest absolute Gasteiger partial charge is 0.129 e. The zero-order chi connectivity index (χ0) is 11.3. The molecule has 0 aliphatic carbocycles. The molecule has 80 valence electrons. The minimum absolute atomic E-state index is 0.161. The molecule has 0 saturated heterocycles. The molecule has 1 atom stereocenters. The van der Waals surface area contributed by atoms with E-state index < -0.39 is 0 Å². The second kappa shape index (κ2) is 5.75. The van der Waals surface area contributed by atoms with Gasteiger partial charge in [-0.15, -0.1) is 11.8 Å². The molecule has 0 aliphatic heterocycles. The van der Waals surface area contributed by atoms with Crippen LogP contribution in [0.3, 0.4) is 0 Å². The molecule has 0 radical (unpaired) electrons. The number of hydrogen-bond donors (Lipinski definition) is 1. The number of nitrogens with one attached hydrogen (secondary N) is 1. The fourth-order valence-corrected chi connectivity index (χ4v) is 1.69. The lowest BCUT2D eigenvalue weighted by molar-refractivity contribution is 0.544. The zero-order valence-electron chi connectivity index (χ0n) is 8.77. The maximum Gasteiger partial charge on any atom is 0.129 e. The van der Waals surface area contributed by atoms with E-state index in [1.807, 2.05) is 0 Å². The summed E-state index contributed by atoms with van der Waals surface area (Å²) in [6.07, 6.45) is 0.549. The summed E-state index contributed by atoms with van der Waals surface area (Å²) in [6.45, 7) is 1.76. The van der Waals surface area contributed by atoms with Gasteiger partial charge in [-0.05, 0) is 26.1 Å². The SMILES string of the molecule is CC#CCC(NC)c1c(F)cccc1Cl. The van der Waals surface area contributed by atoms with Crippen LogP contribution >= 0.6 is 11.6 Å². The van der Waals surface area contributed by atoms with Crippen LogP contribution in [0.4, 0.5) is 4.39 Å². The maximum atomic E-state index is 13.5. The van der Waals surface area contributed by atoms with E-state index in [0.29, 0.717) is 17.0 Å². The molecular formula is C12H13ClFN. The summed E-state index contributed by atoms with van der Waals surface area (Å²) < 4.78 is 13.5. The van der Waals surface area contributed by atoms with Crippen LogP contribution in [-0.2, 0) is 0 Å². The minimum Gasteiger partial charge on any atom is -0.312 e. The second-order valence-electron chi connectivity index (χ2n) is 3.11. The highest BCUT2D eigenvalue weighted by Gasteiger charge is 2.16. The van der Waals surface area contributed by atoms with Crippen LogP contribution in [0.25, 0.3) is 0 Å². The van der Waals surface area contributed by atoms with Gasteiger partial charge in [-0.1, -0.05) is 17.7 Å². The zero-order valence-corrected chi connectivity index (χ0v) is 9.53. The van der Waals surface area contributed by atoms with E-state index in [9.17, 15) is 4.39 Å². The van der Waals surface area contributed by atoms with Gasteiger partial charge in [0, 0.05) is 23.0 Å². The molecule has 1 aromatic carbocycles. The summed E-state index contributed by atoms with van der Waals surface area (Å²) in [4.78, 5) is 0. The largest absolute Gasteiger partial charge is 0.312 e. The third kappa shape index (κ3) is 2.95. The topological polar surface area (TPSA) is 12.0 Å². The number of halogens is 2. The van der Waals surface area contributed by atoms with Gasteiger partial charge in [0.05, 0.1) is 0 Å². The summed E-state index contributed by atoms with van der Waals surface area (Å²) in [5.41, 5.74) is 0.490. The van der Waals surface area contributed by atoms with Gasteiger partial charge >= 0.3 is 0 Å². The molecule has 0 fully saturated rings. The fraction of sp³-hybridized carbons (Fsp3) is 0.333. The first-order valence-electron chi connectivity index (χ1n) is 4.71. The summed E-state index contributed by atoms with van der Waals surface area (Å²) in [5.74, 6) is 5.41. The van der Waals surface area contributed by atoms with Crippen molar-refractivity contribution in [2.45, 2.75) is 19.4 Å². The number of hydrogen-bond acceptors (Lipinski definition) is 1. The van der Waals surface area contributed by atoms with Crippen molar-refractivity contribution < 1.29 is 4.39 Å². The maximum absolute atomic E-state index is 13.5. The van der Waals surface area contributed by atoms with E-state index in [1.165, 1.54) is 6.07 Å². The highest BCUT2D eigenvalue weighted by atomic mass is 35.5. The van der Waals surface area contributed by atoms with Crippen molar-refractivity contribution in [1.29, 1.82) is 0 Å². The van der Waals surface area contributed by atoms with Crippen LogP contribution in [-0.4, -0.2) is 7.05 Å². The summed E-state index contributed by atoms with van der Waals surface area (Å²) in [7, 11) is 1.77. The molecule has 0 saturated carbocycles. The molecule has 1 rings (SSSR count). The predicted molar refractivity (Wildman–Crippen MR) is 61.3 cm³/mol. The lowest BCUT2D eigenvalue weighted by Crippen LogP contribution is -2.17. The summed E-state index contributed by atoms with van der Waals surface area (Å²) >= 11 is 5.95. The molecule has 15 heavy (non-hydrogen) atoms. The van der Waals surface area contributed by atoms with E-state index in [-0.39, 0.29) is 11.9 Å². The molecule has 0 aromatic heterocycles. The van der Waals surface area contributed by atoms with Crippen molar-refractivity contribution in [2.24, 2.45) is 0 Å². The monoisotopic (exact) mass is 225 g/mol. The Morgan fingerprint density at radius 2 is 2.27 bits per heavy atom. The van der Waals surface area contributed by atoms with Crippen LogP contribution in [0, 0.1) is 17.7 Å². The Hall–Kier alpha value is -1.04. The molecule has 0 amide bonds. The Morgan fingerprint density at radius 1 is 1.53 bits per heavy atom. The van der Waals surface area contributed by atoms with E-state index >= 15 is 0 Å². The molecule has 3 heteroatoms. The molecule has 0 spiro atoms. The van der Waals surface area contributed by atoms with Crippen LogP contribution < -0.4 is 5.32 Å². The Labute approximate surface area is 94.6 Å². The van der Waals surface area contributed by atoms with Gasteiger partial charge in [0.1, 0.15) is 5.82 Å².